The summed E-state index contributed by atoms with van der Waals surface area (Å²) in [4.78, 5) is 2.55. The molecule has 1 aliphatic rings. The van der Waals surface area contributed by atoms with E-state index < -0.39 is 0 Å². The second kappa shape index (κ2) is 5.84. The summed E-state index contributed by atoms with van der Waals surface area (Å²) in [5, 5.41) is 0. The number of hydrogen-bond acceptors (Lipinski definition) is 2. The molecule has 1 atom stereocenters. The van der Waals surface area contributed by atoms with Gasteiger partial charge in [-0.25, -0.2) is 0 Å². The number of halogens is 1. The Labute approximate surface area is 125 Å². The van der Waals surface area contributed by atoms with Crippen molar-refractivity contribution in [3.63, 3.8) is 0 Å². The van der Waals surface area contributed by atoms with E-state index in [4.69, 9.17) is 5.73 Å². The van der Waals surface area contributed by atoms with E-state index in [0.29, 0.717) is 0 Å². The predicted octanol–water partition coefficient (Wildman–Crippen LogP) is 4.11. The highest BCUT2D eigenvalue weighted by molar-refractivity contribution is 9.10. The highest BCUT2D eigenvalue weighted by Gasteiger charge is 2.33. The van der Waals surface area contributed by atoms with Crippen LogP contribution in [0.3, 0.4) is 0 Å². The van der Waals surface area contributed by atoms with Crippen LogP contribution in [0.4, 0.5) is 5.69 Å². The predicted molar refractivity (Wildman–Crippen MR) is 86.8 cm³/mol. The summed E-state index contributed by atoms with van der Waals surface area (Å²) in [6, 6.07) is 6.86. The Morgan fingerprint density at radius 3 is 2.74 bits per heavy atom. The number of rotatable bonds is 4. The molecular formula is C16H25BrN2. The maximum absolute atomic E-state index is 6.15. The molecule has 0 aliphatic carbocycles. The fourth-order valence-electron chi connectivity index (χ4n) is 2.94. The molecule has 19 heavy (non-hydrogen) atoms. The lowest BCUT2D eigenvalue weighted by molar-refractivity contribution is 0.515. The molecule has 0 saturated carbocycles. The van der Waals surface area contributed by atoms with Crippen LogP contribution in [0.15, 0.2) is 22.7 Å². The van der Waals surface area contributed by atoms with E-state index in [0.717, 1.165) is 23.9 Å². The molecular weight excluding hydrogens is 300 g/mol. The van der Waals surface area contributed by atoms with Crippen LogP contribution in [0.2, 0.25) is 0 Å². The van der Waals surface area contributed by atoms with Crippen molar-refractivity contribution in [3.05, 3.63) is 28.2 Å². The van der Waals surface area contributed by atoms with Crippen molar-refractivity contribution in [2.24, 2.45) is 5.73 Å². The van der Waals surface area contributed by atoms with Gasteiger partial charge < -0.3 is 10.6 Å². The maximum Gasteiger partial charge on any atom is 0.0415 e. The van der Waals surface area contributed by atoms with Crippen molar-refractivity contribution in [3.8, 4) is 0 Å². The van der Waals surface area contributed by atoms with E-state index in [1.54, 1.807) is 0 Å². The normalized spacial score (nSPS) is 19.7. The zero-order chi connectivity index (χ0) is 14.0. The minimum absolute atomic E-state index is 0.255. The van der Waals surface area contributed by atoms with Gasteiger partial charge >= 0.3 is 0 Å². The molecule has 0 radical (unpaired) electrons. The second-order valence-electron chi connectivity index (χ2n) is 6.21. The SMILES string of the molecule is CCC(N)Cc1ccc(Br)cc1N1CCCC1(C)C. The lowest BCUT2D eigenvalue weighted by Gasteiger charge is -2.35. The van der Waals surface area contributed by atoms with Gasteiger partial charge in [0.15, 0.2) is 0 Å². The van der Waals surface area contributed by atoms with Crippen LogP contribution < -0.4 is 10.6 Å². The molecule has 0 aromatic heterocycles. The molecule has 106 valence electrons. The van der Waals surface area contributed by atoms with Gasteiger partial charge in [-0.2, -0.15) is 0 Å². The van der Waals surface area contributed by atoms with Gasteiger partial charge in [-0.3, -0.25) is 0 Å². The molecule has 1 fully saturated rings. The summed E-state index contributed by atoms with van der Waals surface area (Å²) in [6.07, 6.45) is 4.53. The molecule has 3 heteroatoms. The van der Waals surface area contributed by atoms with Crippen LogP contribution in [0.25, 0.3) is 0 Å². The average Bonchev–Trinajstić information content (AvgIpc) is 2.71. The molecule has 0 amide bonds. The topological polar surface area (TPSA) is 29.3 Å². The zero-order valence-corrected chi connectivity index (χ0v) is 13.8. The van der Waals surface area contributed by atoms with Crippen LogP contribution in [-0.4, -0.2) is 18.1 Å². The summed E-state index contributed by atoms with van der Waals surface area (Å²) in [5.74, 6) is 0. The number of nitrogens with zero attached hydrogens (tertiary/aromatic N) is 1. The number of benzene rings is 1. The Hall–Kier alpha value is -0.540. The first-order chi connectivity index (χ1) is 8.94. The molecule has 1 heterocycles. The van der Waals surface area contributed by atoms with Gasteiger partial charge in [0.2, 0.25) is 0 Å². The van der Waals surface area contributed by atoms with Crippen molar-refractivity contribution in [2.75, 3.05) is 11.4 Å². The number of nitrogens with two attached hydrogens (primary N) is 1. The van der Waals surface area contributed by atoms with Gasteiger partial charge in [-0.1, -0.05) is 28.9 Å². The lowest BCUT2D eigenvalue weighted by atomic mass is 9.98. The molecule has 2 rings (SSSR count). The van der Waals surface area contributed by atoms with E-state index >= 15 is 0 Å². The summed E-state index contributed by atoms with van der Waals surface area (Å²) in [7, 11) is 0. The Balaban J connectivity index is 2.34. The van der Waals surface area contributed by atoms with Crippen LogP contribution >= 0.6 is 15.9 Å². The molecule has 0 spiro atoms. The summed E-state index contributed by atoms with van der Waals surface area (Å²) in [5.41, 5.74) is 9.15. The summed E-state index contributed by atoms with van der Waals surface area (Å²) >= 11 is 3.61. The Morgan fingerprint density at radius 1 is 1.42 bits per heavy atom. The molecule has 1 aromatic rings. The van der Waals surface area contributed by atoms with Gasteiger partial charge in [-0.05, 0) is 57.2 Å². The summed E-state index contributed by atoms with van der Waals surface area (Å²) < 4.78 is 1.15. The Bertz CT molecular complexity index is 442. The molecule has 1 unspecified atom stereocenters. The number of hydrogen-bond donors (Lipinski definition) is 1. The van der Waals surface area contributed by atoms with Crippen LogP contribution in [-0.2, 0) is 6.42 Å². The molecule has 0 bridgehead atoms. The maximum atomic E-state index is 6.15. The van der Waals surface area contributed by atoms with Crippen LogP contribution in [0.1, 0.15) is 45.6 Å². The highest BCUT2D eigenvalue weighted by atomic mass is 79.9. The smallest absolute Gasteiger partial charge is 0.0415 e. The van der Waals surface area contributed by atoms with Gasteiger partial charge in [-0.15, -0.1) is 0 Å². The van der Waals surface area contributed by atoms with Crippen molar-refractivity contribution in [2.45, 2.75) is 58.0 Å². The van der Waals surface area contributed by atoms with Crippen molar-refractivity contribution < 1.29 is 0 Å². The molecule has 2 nitrogen and oxygen atoms in total. The molecule has 1 aliphatic heterocycles. The average molecular weight is 325 g/mol. The van der Waals surface area contributed by atoms with Crippen molar-refractivity contribution >= 4 is 21.6 Å². The van der Waals surface area contributed by atoms with E-state index in [9.17, 15) is 0 Å². The van der Waals surface area contributed by atoms with E-state index in [2.05, 4.69) is 59.8 Å². The van der Waals surface area contributed by atoms with E-state index in [-0.39, 0.29) is 11.6 Å². The van der Waals surface area contributed by atoms with Gasteiger partial charge in [0.05, 0.1) is 0 Å². The first-order valence-corrected chi connectivity index (χ1v) is 8.05. The van der Waals surface area contributed by atoms with Gasteiger partial charge in [0.1, 0.15) is 0 Å². The third-order valence-corrected chi connectivity index (χ3v) is 4.74. The van der Waals surface area contributed by atoms with E-state index in [1.807, 2.05) is 0 Å². The largest absolute Gasteiger partial charge is 0.366 e. The zero-order valence-electron chi connectivity index (χ0n) is 12.2. The standard InChI is InChI=1S/C16H25BrN2/c1-4-14(18)10-12-6-7-13(17)11-15(12)19-9-5-8-16(19,2)3/h6-7,11,14H,4-5,8-10,18H2,1-3H3. The fourth-order valence-corrected chi connectivity index (χ4v) is 3.29. The van der Waals surface area contributed by atoms with Crippen LogP contribution in [0, 0.1) is 0 Å². The van der Waals surface area contributed by atoms with Gasteiger partial charge in [0.25, 0.3) is 0 Å². The van der Waals surface area contributed by atoms with Crippen molar-refractivity contribution in [1.29, 1.82) is 0 Å². The van der Waals surface area contributed by atoms with Crippen LogP contribution in [0.5, 0.6) is 0 Å². The number of anilines is 1. The fraction of sp³-hybridized carbons (Fsp3) is 0.625. The monoisotopic (exact) mass is 324 g/mol. The third kappa shape index (κ3) is 3.32. The Morgan fingerprint density at radius 2 is 2.16 bits per heavy atom. The minimum Gasteiger partial charge on any atom is -0.366 e. The van der Waals surface area contributed by atoms with E-state index in [1.165, 1.54) is 24.1 Å². The van der Waals surface area contributed by atoms with Gasteiger partial charge in [0, 0.05) is 28.3 Å². The highest BCUT2D eigenvalue weighted by Crippen LogP contribution is 2.37. The minimum atomic E-state index is 0.255. The molecule has 2 N–H and O–H groups in total. The third-order valence-electron chi connectivity index (χ3n) is 4.25. The quantitative estimate of drug-likeness (QED) is 0.903. The first kappa shape index (κ1) is 14.9. The lowest BCUT2D eigenvalue weighted by Crippen LogP contribution is -2.39. The Kier molecular flexibility index (Phi) is 4.57. The first-order valence-electron chi connectivity index (χ1n) is 7.25. The summed E-state index contributed by atoms with van der Waals surface area (Å²) in [6.45, 7) is 7.98. The second-order valence-corrected chi connectivity index (χ2v) is 7.13. The molecule has 1 saturated heterocycles. The molecule has 1 aromatic carbocycles. The van der Waals surface area contributed by atoms with Crippen molar-refractivity contribution in [1.82, 2.24) is 0 Å².